The summed E-state index contributed by atoms with van der Waals surface area (Å²) < 4.78 is 4.80. The van der Waals surface area contributed by atoms with Crippen LogP contribution in [0.4, 0.5) is 0 Å². The van der Waals surface area contributed by atoms with Gasteiger partial charge >= 0.3 is 5.97 Å². The Hall–Kier alpha value is -1.35. The van der Waals surface area contributed by atoms with Gasteiger partial charge in [-0.25, -0.2) is 0 Å². The molecular weight excluding hydrogens is 214 g/mol. The van der Waals surface area contributed by atoms with Gasteiger partial charge in [-0.05, 0) is 30.9 Å². The minimum absolute atomic E-state index is 0.143. The maximum atomic E-state index is 11.5. The molecule has 0 saturated heterocycles. The fraction of sp³-hybridized carbons (Fsp3) is 0.500. The number of fused-ring (bicyclic) bond motifs is 1. The zero-order chi connectivity index (χ0) is 12.3. The molecule has 3 nitrogen and oxygen atoms in total. The average molecular weight is 233 g/mol. The number of rotatable bonds is 2. The molecule has 1 heterocycles. The largest absolute Gasteiger partial charge is 0.468 e. The number of hydrogen-bond acceptors (Lipinski definition) is 3. The van der Waals surface area contributed by atoms with Crippen molar-refractivity contribution in [3.63, 3.8) is 0 Å². The maximum Gasteiger partial charge on any atom is 0.322 e. The first kappa shape index (κ1) is 12.1. The number of carbonyl (C=O) groups is 1. The van der Waals surface area contributed by atoms with Crippen LogP contribution >= 0.6 is 0 Å². The van der Waals surface area contributed by atoms with E-state index in [9.17, 15) is 4.79 Å². The Morgan fingerprint density at radius 3 is 2.24 bits per heavy atom. The second kappa shape index (κ2) is 5.32. The number of nitrogens with zero attached hydrogens (tertiary/aromatic N) is 1. The van der Waals surface area contributed by atoms with Crippen LogP contribution in [0.5, 0.6) is 0 Å². The highest BCUT2D eigenvalue weighted by Gasteiger charge is 2.23. The van der Waals surface area contributed by atoms with Gasteiger partial charge < -0.3 is 4.74 Å². The van der Waals surface area contributed by atoms with Gasteiger partial charge in [0.1, 0.15) is 6.04 Å². The predicted octanol–water partition coefficient (Wildman–Crippen LogP) is 1.65. The highest BCUT2D eigenvalue weighted by molar-refractivity contribution is 5.75. The fourth-order valence-electron chi connectivity index (χ4n) is 2.39. The lowest BCUT2D eigenvalue weighted by Crippen LogP contribution is -2.41. The van der Waals surface area contributed by atoms with Gasteiger partial charge in [-0.3, -0.25) is 9.69 Å². The molecule has 0 N–H and O–H groups in total. The van der Waals surface area contributed by atoms with Gasteiger partial charge in [-0.15, -0.1) is 0 Å². The maximum absolute atomic E-state index is 11.5. The zero-order valence-electron chi connectivity index (χ0n) is 10.5. The highest BCUT2D eigenvalue weighted by atomic mass is 16.5. The number of benzene rings is 1. The van der Waals surface area contributed by atoms with E-state index in [1.165, 1.54) is 18.2 Å². The van der Waals surface area contributed by atoms with Crippen LogP contribution in [-0.2, 0) is 22.4 Å². The van der Waals surface area contributed by atoms with Crippen LogP contribution in [0.25, 0.3) is 0 Å². The minimum atomic E-state index is -0.144. The third kappa shape index (κ3) is 2.67. The lowest BCUT2D eigenvalue weighted by molar-refractivity contribution is -0.146. The quantitative estimate of drug-likeness (QED) is 0.727. The molecule has 0 spiro atoms. The van der Waals surface area contributed by atoms with E-state index in [1.807, 2.05) is 6.92 Å². The van der Waals surface area contributed by atoms with E-state index in [2.05, 4.69) is 29.2 Å². The van der Waals surface area contributed by atoms with Crippen LogP contribution in [0.3, 0.4) is 0 Å². The Labute approximate surface area is 102 Å². The molecule has 2 rings (SSSR count). The van der Waals surface area contributed by atoms with Crippen LogP contribution in [-0.4, -0.2) is 37.1 Å². The van der Waals surface area contributed by atoms with Gasteiger partial charge in [0.15, 0.2) is 0 Å². The van der Waals surface area contributed by atoms with E-state index in [-0.39, 0.29) is 12.0 Å². The molecule has 1 aromatic carbocycles. The summed E-state index contributed by atoms with van der Waals surface area (Å²) in [6.45, 7) is 3.77. The van der Waals surface area contributed by atoms with Gasteiger partial charge in [-0.1, -0.05) is 24.3 Å². The summed E-state index contributed by atoms with van der Waals surface area (Å²) in [5.74, 6) is -0.143. The molecule has 1 aliphatic rings. The van der Waals surface area contributed by atoms with Gasteiger partial charge in [0.25, 0.3) is 0 Å². The van der Waals surface area contributed by atoms with Crippen molar-refractivity contribution in [2.75, 3.05) is 20.2 Å². The second-order valence-corrected chi connectivity index (χ2v) is 4.50. The van der Waals surface area contributed by atoms with Crippen molar-refractivity contribution in [1.82, 2.24) is 4.90 Å². The zero-order valence-corrected chi connectivity index (χ0v) is 10.5. The summed E-state index contributed by atoms with van der Waals surface area (Å²) in [4.78, 5) is 13.7. The van der Waals surface area contributed by atoms with Crippen LogP contribution in [0, 0.1) is 0 Å². The van der Waals surface area contributed by atoms with E-state index < -0.39 is 0 Å². The number of hydrogen-bond donors (Lipinski definition) is 0. The lowest BCUT2D eigenvalue weighted by atomic mass is 10.0. The Balaban J connectivity index is 2.06. The van der Waals surface area contributed by atoms with E-state index in [0.717, 1.165) is 25.9 Å². The molecule has 0 radical (unpaired) electrons. The smallest absolute Gasteiger partial charge is 0.322 e. The Kier molecular flexibility index (Phi) is 3.79. The first-order chi connectivity index (χ1) is 8.22. The molecule has 3 heteroatoms. The molecule has 92 valence electrons. The monoisotopic (exact) mass is 233 g/mol. The van der Waals surface area contributed by atoms with Crippen molar-refractivity contribution in [3.05, 3.63) is 35.4 Å². The van der Waals surface area contributed by atoms with E-state index in [4.69, 9.17) is 4.74 Å². The standard InChI is InChI=1S/C14H19NO2/c1-11(14(16)17-2)15-9-7-12-5-3-4-6-13(12)8-10-15/h3-6,11H,7-10H2,1-2H3. The average Bonchev–Trinajstić information content (AvgIpc) is 2.59. The Bertz CT molecular complexity index is 376. The summed E-state index contributed by atoms with van der Waals surface area (Å²) in [6.07, 6.45) is 2.02. The molecule has 17 heavy (non-hydrogen) atoms. The van der Waals surface area contributed by atoms with Crippen molar-refractivity contribution >= 4 is 5.97 Å². The molecule has 1 unspecified atom stereocenters. The highest BCUT2D eigenvalue weighted by Crippen LogP contribution is 2.17. The van der Waals surface area contributed by atoms with E-state index >= 15 is 0 Å². The van der Waals surface area contributed by atoms with E-state index in [1.54, 1.807) is 0 Å². The van der Waals surface area contributed by atoms with Gasteiger partial charge in [-0.2, -0.15) is 0 Å². The van der Waals surface area contributed by atoms with Crippen molar-refractivity contribution < 1.29 is 9.53 Å². The molecule has 1 aliphatic heterocycles. The molecular formula is C14H19NO2. The number of carbonyl (C=O) groups excluding carboxylic acids is 1. The van der Waals surface area contributed by atoms with Crippen molar-refractivity contribution in [2.24, 2.45) is 0 Å². The summed E-state index contributed by atoms with van der Waals surface area (Å²) in [5, 5.41) is 0. The molecule has 0 aromatic heterocycles. The molecule has 0 fully saturated rings. The SMILES string of the molecule is COC(=O)C(C)N1CCc2ccccc2CC1. The molecule has 0 bridgehead atoms. The fourth-order valence-corrected chi connectivity index (χ4v) is 2.39. The van der Waals surface area contributed by atoms with Gasteiger partial charge in [0.05, 0.1) is 7.11 Å². The molecule has 0 aliphatic carbocycles. The third-order valence-electron chi connectivity index (χ3n) is 3.55. The van der Waals surface area contributed by atoms with Crippen LogP contribution in [0.15, 0.2) is 24.3 Å². The number of methoxy groups -OCH3 is 1. The summed E-state index contributed by atoms with van der Waals surface area (Å²) in [5.41, 5.74) is 2.82. The van der Waals surface area contributed by atoms with Crippen molar-refractivity contribution in [1.29, 1.82) is 0 Å². The normalized spacial score (nSPS) is 18.0. The van der Waals surface area contributed by atoms with Crippen LogP contribution in [0.1, 0.15) is 18.1 Å². The van der Waals surface area contributed by atoms with Crippen molar-refractivity contribution in [2.45, 2.75) is 25.8 Å². The Morgan fingerprint density at radius 1 is 1.24 bits per heavy atom. The summed E-state index contributed by atoms with van der Waals surface area (Å²) in [6, 6.07) is 8.38. The molecule has 0 amide bonds. The third-order valence-corrected chi connectivity index (χ3v) is 3.55. The summed E-state index contributed by atoms with van der Waals surface area (Å²) >= 11 is 0. The molecule has 1 aromatic rings. The number of ether oxygens (including phenoxy) is 1. The predicted molar refractivity (Wildman–Crippen MR) is 66.9 cm³/mol. The van der Waals surface area contributed by atoms with Crippen LogP contribution < -0.4 is 0 Å². The second-order valence-electron chi connectivity index (χ2n) is 4.50. The Morgan fingerprint density at radius 2 is 1.76 bits per heavy atom. The van der Waals surface area contributed by atoms with Crippen LogP contribution in [0.2, 0.25) is 0 Å². The van der Waals surface area contributed by atoms with Gasteiger partial charge in [0, 0.05) is 13.1 Å². The lowest BCUT2D eigenvalue weighted by Gasteiger charge is -2.25. The van der Waals surface area contributed by atoms with Crippen molar-refractivity contribution in [3.8, 4) is 0 Å². The number of esters is 1. The molecule has 0 saturated carbocycles. The first-order valence-corrected chi connectivity index (χ1v) is 6.11. The summed E-state index contributed by atoms with van der Waals surface area (Å²) in [7, 11) is 1.45. The molecule has 1 atom stereocenters. The minimum Gasteiger partial charge on any atom is -0.468 e. The van der Waals surface area contributed by atoms with E-state index in [0.29, 0.717) is 0 Å². The van der Waals surface area contributed by atoms with Gasteiger partial charge in [0.2, 0.25) is 0 Å². The topological polar surface area (TPSA) is 29.5 Å². The first-order valence-electron chi connectivity index (χ1n) is 6.11.